The lowest BCUT2D eigenvalue weighted by Gasteiger charge is -2.17. The van der Waals surface area contributed by atoms with Crippen LogP contribution >= 0.6 is 11.3 Å². The van der Waals surface area contributed by atoms with E-state index in [1.54, 1.807) is 11.3 Å². The summed E-state index contributed by atoms with van der Waals surface area (Å²) in [5.74, 6) is 0. The Hall–Kier alpha value is -0.450. The molecule has 4 heteroatoms. The maximum atomic E-state index is 5.90. The van der Waals surface area contributed by atoms with Gasteiger partial charge in [-0.05, 0) is 40.2 Å². The zero-order chi connectivity index (χ0) is 11.3. The molecule has 3 N–H and O–H groups in total. The summed E-state index contributed by atoms with van der Waals surface area (Å²) in [7, 11) is 0. The second-order valence-electron chi connectivity index (χ2n) is 4.63. The molecule has 0 atom stereocenters. The van der Waals surface area contributed by atoms with Crippen molar-refractivity contribution in [3.8, 4) is 0 Å². The Kier molecular flexibility index (Phi) is 4.70. The van der Waals surface area contributed by atoms with Gasteiger partial charge in [-0.3, -0.25) is 0 Å². The summed E-state index contributed by atoms with van der Waals surface area (Å²) in [6, 6.07) is 0. The Morgan fingerprint density at radius 2 is 2.27 bits per heavy atom. The SMILES string of the molecule is Cc1ncsc1CNCCCC(C)(C)N. The molecule has 0 spiro atoms. The maximum absolute atomic E-state index is 5.90. The van der Waals surface area contributed by atoms with Crippen molar-refractivity contribution < 1.29 is 0 Å². The molecule has 0 radical (unpaired) electrons. The number of nitrogens with two attached hydrogens (primary N) is 1. The molecule has 3 nitrogen and oxygen atoms in total. The van der Waals surface area contributed by atoms with Crippen LogP contribution in [0.2, 0.25) is 0 Å². The van der Waals surface area contributed by atoms with Crippen LogP contribution in [0.5, 0.6) is 0 Å². The predicted octanol–water partition coefficient (Wildman–Crippen LogP) is 2.06. The first-order chi connectivity index (χ1) is 6.99. The van der Waals surface area contributed by atoms with E-state index in [0.29, 0.717) is 0 Å². The van der Waals surface area contributed by atoms with Gasteiger partial charge in [-0.1, -0.05) is 0 Å². The highest BCUT2D eigenvalue weighted by Gasteiger charge is 2.09. The van der Waals surface area contributed by atoms with Crippen LogP contribution in [0.25, 0.3) is 0 Å². The lowest BCUT2D eigenvalue weighted by atomic mass is 10.0. The van der Waals surface area contributed by atoms with Crippen molar-refractivity contribution in [2.24, 2.45) is 5.73 Å². The fourth-order valence-corrected chi connectivity index (χ4v) is 2.11. The van der Waals surface area contributed by atoms with Crippen LogP contribution in [0.1, 0.15) is 37.3 Å². The molecule has 0 amide bonds. The maximum Gasteiger partial charge on any atom is 0.0798 e. The Morgan fingerprint density at radius 3 is 2.80 bits per heavy atom. The van der Waals surface area contributed by atoms with E-state index in [1.165, 1.54) is 4.88 Å². The Morgan fingerprint density at radius 1 is 1.53 bits per heavy atom. The van der Waals surface area contributed by atoms with Crippen LogP contribution < -0.4 is 11.1 Å². The van der Waals surface area contributed by atoms with Crippen molar-refractivity contribution >= 4 is 11.3 Å². The summed E-state index contributed by atoms with van der Waals surface area (Å²) in [5.41, 5.74) is 8.90. The third-order valence-electron chi connectivity index (χ3n) is 2.31. The average Bonchev–Trinajstić information content (AvgIpc) is 2.49. The molecule has 0 fully saturated rings. The zero-order valence-corrected chi connectivity index (χ0v) is 10.7. The van der Waals surface area contributed by atoms with Gasteiger partial charge in [0.15, 0.2) is 0 Å². The number of rotatable bonds is 6. The number of thiazole rings is 1. The summed E-state index contributed by atoms with van der Waals surface area (Å²) in [4.78, 5) is 5.55. The van der Waals surface area contributed by atoms with Crippen molar-refractivity contribution in [2.45, 2.75) is 45.7 Å². The van der Waals surface area contributed by atoms with Crippen molar-refractivity contribution in [1.29, 1.82) is 0 Å². The molecule has 86 valence electrons. The highest BCUT2D eigenvalue weighted by molar-refractivity contribution is 7.09. The van der Waals surface area contributed by atoms with E-state index in [-0.39, 0.29) is 5.54 Å². The third-order valence-corrected chi connectivity index (χ3v) is 3.24. The van der Waals surface area contributed by atoms with E-state index in [1.807, 2.05) is 5.51 Å². The highest BCUT2D eigenvalue weighted by atomic mass is 32.1. The minimum Gasteiger partial charge on any atom is -0.326 e. The molecule has 0 aliphatic heterocycles. The third kappa shape index (κ3) is 5.25. The molecule has 1 heterocycles. The first kappa shape index (κ1) is 12.6. The minimum absolute atomic E-state index is 0.0396. The van der Waals surface area contributed by atoms with Gasteiger partial charge in [0.1, 0.15) is 0 Å². The molecule has 1 rings (SSSR count). The van der Waals surface area contributed by atoms with Crippen LogP contribution in [0.3, 0.4) is 0 Å². The highest BCUT2D eigenvalue weighted by Crippen LogP contribution is 2.11. The van der Waals surface area contributed by atoms with Gasteiger partial charge in [0.25, 0.3) is 0 Å². The van der Waals surface area contributed by atoms with Gasteiger partial charge in [-0.2, -0.15) is 0 Å². The summed E-state index contributed by atoms with van der Waals surface area (Å²) >= 11 is 1.71. The number of nitrogens with one attached hydrogen (secondary N) is 1. The second-order valence-corrected chi connectivity index (χ2v) is 5.57. The van der Waals surface area contributed by atoms with Crippen LogP contribution in [-0.2, 0) is 6.54 Å². The van der Waals surface area contributed by atoms with E-state index in [9.17, 15) is 0 Å². The molecule has 0 saturated carbocycles. The van der Waals surface area contributed by atoms with Crippen molar-refractivity contribution in [2.75, 3.05) is 6.54 Å². The number of aromatic nitrogens is 1. The molecule has 0 aliphatic carbocycles. The minimum atomic E-state index is -0.0396. The smallest absolute Gasteiger partial charge is 0.0798 e. The standard InChI is InChI=1S/C11H21N3S/c1-9-10(15-8-14-9)7-13-6-4-5-11(2,3)12/h8,13H,4-7,12H2,1-3H3. The molecule has 1 aromatic heterocycles. The second kappa shape index (κ2) is 5.58. The number of hydrogen-bond donors (Lipinski definition) is 2. The van der Waals surface area contributed by atoms with E-state index >= 15 is 0 Å². The van der Waals surface area contributed by atoms with E-state index in [0.717, 1.165) is 31.6 Å². The lowest BCUT2D eigenvalue weighted by molar-refractivity contribution is 0.448. The fourth-order valence-electron chi connectivity index (χ4n) is 1.37. The fraction of sp³-hybridized carbons (Fsp3) is 0.727. The summed E-state index contributed by atoms with van der Waals surface area (Å²) < 4.78 is 0. The van der Waals surface area contributed by atoms with Crippen molar-refractivity contribution in [3.05, 3.63) is 16.1 Å². The van der Waals surface area contributed by atoms with Gasteiger partial charge in [-0.15, -0.1) is 11.3 Å². The number of nitrogens with zero attached hydrogens (tertiary/aromatic N) is 1. The molecular formula is C11H21N3S. The largest absolute Gasteiger partial charge is 0.326 e. The van der Waals surface area contributed by atoms with Crippen LogP contribution in [0, 0.1) is 6.92 Å². The van der Waals surface area contributed by atoms with Gasteiger partial charge in [0.2, 0.25) is 0 Å². The number of hydrogen-bond acceptors (Lipinski definition) is 4. The molecular weight excluding hydrogens is 206 g/mol. The first-order valence-corrected chi connectivity index (χ1v) is 6.25. The Labute approximate surface area is 96.1 Å². The van der Waals surface area contributed by atoms with Crippen LogP contribution in [-0.4, -0.2) is 17.1 Å². The average molecular weight is 227 g/mol. The van der Waals surface area contributed by atoms with E-state index in [2.05, 4.69) is 31.1 Å². The van der Waals surface area contributed by atoms with Gasteiger partial charge in [0, 0.05) is 17.0 Å². The topological polar surface area (TPSA) is 50.9 Å². The van der Waals surface area contributed by atoms with Crippen molar-refractivity contribution in [1.82, 2.24) is 10.3 Å². The molecule has 0 aromatic carbocycles. The Bertz CT molecular complexity index is 288. The molecule has 15 heavy (non-hydrogen) atoms. The Balaban J connectivity index is 2.10. The monoisotopic (exact) mass is 227 g/mol. The van der Waals surface area contributed by atoms with Crippen LogP contribution in [0.4, 0.5) is 0 Å². The summed E-state index contributed by atoms with van der Waals surface area (Å²) in [6.07, 6.45) is 2.18. The van der Waals surface area contributed by atoms with Gasteiger partial charge >= 0.3 is 0 Å². The first-order valence-electron chi connectivity index (χ1n) is 5.37. The lowest BCUT2D eigenvalue weighted by Crippen LogP contribution is -2.32. The quantitative estimate of drug-likeness (QED) is 0.731. The zero-order valence-electron chi connectivity index (χ0n) is 9.84. The predicted molar refractivity (Wildman–Crippen MR) is 66.1 cm³/mol. The van der Waals surface area contributed by atoms with Gasteiger partial charge in [-0.25, -0.2) is 4.98 Å². The van der Waals surface area contributed by atoms with Gasteiger partial charge < -0.3 is 11.1 Å². The normalized spacial score (nSPS) is 12.0. The van der Waals surface area contributed by atoms with Gasteiger partial charge in [0.05, 0.1) is 11.2 Å². The van der Waals surface area contributed by atoms with E-state index < -0.39 is 0 Å². The van der Waals surface area contributed by atoms with Crippen molar-refractivity contribution in [3.63, 3.8) is 0 Å². The summed E-state index contributed by atoms with van der Waals surface area (Å²) in [6.45, 7) is 8.15. The molecule has 1 aromatic rings. The molecule has 0 unspecified atom stereocenters. The number of aryl methyl sites for hydroxylation is 1. The molecule has 0 saturated heterocycles. The van der Waals surface area contributed by atoms with Crippen LogP contribution in [0.15, 0.2) is 5.51 Å². The molecule has 0 bridgehead atoms. The summed E-state index contributed by atoms with van der Waals surface area (Å²) in [5, 5.41) is 3.42. The van der Waals surface area contributed by atoms with E-state index in [4.69, 9.17) is 5.73 Å². The molecule has 0 aliphatic rings.